The van der Waals surface area contributed by atoms with Gasteiger partial charge in [-0.25, -0.2) is 0 Å². The highest BCUT2D eigenvalue weighted by molar-refractivity contribution is 5.24. The molecule has 0 aromatic heterocycles. The van der Waals surface area contributed by atoms with Gasteiger partial charge in [-0.3, -0.25) is 0 Å². The fraction of sp³-hybridized carbons (Fsp3) is 0.889. The first-order chi connectivity index (χ1) is 17.3. The van der Waals surface area contributed by atoms with Crippen molar-refractivity contribution in [1.29, 1.82) is 0 Å². The predicted octanol–water partition coefficient (Wildman–Crippen LogP) is 11.7. The van der Waals surface area contributed by atoms with Crippen molar-refractivity contribution in [1.82, 2.24) is 0 Å². The van der Waals surface area contributed by atoms with Gasteiger partial charge in [0.1, 0.15) is 0 Å². The second-order valence-corrected chi connectivity index (χ2v) is 14.4. The Hall–Kier alpha value is -0.520. The lowest BCUT2D eigenvalue weighted by atomic mass is 9.34. The molecule has 0 radical (unpaired) electrons. The van der Waals surface area contributed by atoms with Gasteiger partial charge < -0.3 is 0 Å². The van der Waals surface area contributed by atoms with E-state index < -0.39 is 0 Å². The van der Waals surface area contributed by atoms with Crippen molar-refractivity contribution in [2.45, 2.75) is 158 Å². The topological polar surface area (TPSA) is 0 Å². The van der Waals surface area contributed by atoms with E-state index in [0.29, 0.717) is 27.1 Å². The number of allylic oxidation sites excluding steroid dienone is 3. The van der Waals surface area contributed by atoms with Crippen LogP contribution in [0.15, 0.2) is 24.3 Å². The third-order valence-electron chi connectivity index (χ3n) is 14.4. The van der Waals surface area contributed by atoms with Crippen LogP contribution in [0.5, 0.6) is 0 Å². The van der Waals surface area contributed by atoms with Crippen molar-refractivity contribution in [3.63, 3.8) is 0 Å². The number of hydrogen-bond acceptors (Lipinski definition) is 0. The minimum Gasteiger partial charge on any atom is -0.103 e. The molecule has 0 aromatic rings. The van der Waals surface area contributed by atoms with Crippen LogP contribution in [-0.4, -0.2) is 0 Å². The van der Waals surface area contributed by atoms with E-state index in [2.05, 4.69) is 67.2 Å². The second-order valence-electron chi connectivity index (χ2n) is 14.4. The van der Waals surface area contributed by atoms with Crippen LogP contribution in [0.25, 0.3) is 0 Å². The van der Waals surface area contributed by atoms with Gasteiger partial charge in [0.25, 0.3) is 0 Å². The largest absolute Gasteiger partial charge is 0.103 e. The molecule has 0 aromatic carbocycles. The maximum absolute atomic E-state index is 4.22. The van der Waals surface area contributed by atoms with Gasteiger partial charge in [-0.1, -0.05) is 65.2 Å². The summed E-state index contributed by atoms with van der Waals surface area (Å²) < 4.78 is 0. The first-order valence-corrected chi connectivity index (χ1v) is 16.5. The molecule has 0 bridgehead atoms. The van der Waals surface area contributed by atoms with E-state index in [9.17, 15) is 0 Å². The molecule has 0 unspecified atom stereocenters. The Morgan fingerprint density at radius 3 is 2.06 bits per heavy atom. The molecular weight excluding hydrogens is 432 g/mol. The van der Waals surface area contributed by atoms with Crippen LogP contribution in [0.3, 0.4) is 0 Å². The highest BCUT2D eigenvalue weighted by atomic mass is 14.7. The van der Waals surface area contributed by atoms with E-state index in [4.69, 9.17) is 0 Å². The standard InChI is InChI=1S/C36H62/c1-9-19-32(12-4)21-17-30-33(20-10-2,25-24-32)22-18-31-34(30,13-5)26-27-35(14-6)29(28(8)11-3)16-23-36(31,35)15-7/h9,11,29-31H,1,10,12-27H2,2-8H3/t29-,30+,31-,32+,33-,34-,35-,36+/m1/s1. The average molecular weight is 495 g/mol. The van der Waals surface area contributed by atoms with Gasteiger partial charge >= 0.3 is 0 Å². The van der Waals surface area contributed by atoms with Crippen LogP contribution in [0.2, 0.25) is 0 Å². The molecule has 0 saturated heterocycles. The minimum absolute atomic E-state index is 0.524. The Bertz CT molecular complexity index is 805. The van der Waals surface area contributed by atoms with E-state index in [0.717, 1.165) is 17.8 Å². The highest BCUT2D eigenvalue weighted by Crippen LogP contribution is 2.79. The van der Waals surface area contributed by atoms with Crippen molar-refractivity contribution in [2.75, 3.05) is 0 Å². The van der Waals surface area contributed by atoms with Gasteiger partial charge in [0.15, 0.2) is 0 Å². The van der Waals surface area contributed by atoms with Crippen LogP contribution in [0, 0.1) is 44.8 Å². The van der Waals surface area contributed by atoms with Crippen molar-refractivity contribution < 1.29 is 0 Å². The van der Waals surface area contributed by atoms with Gasteiger partial charge in [0, 0.05) is 0 Å². The lowest BCUT2D eigenvalue weighted by Crippen LogP contribution is -2.62. The maximum Gasteiger partial charge on any atom is -0.0144 e. The molecule has 206 valence electrons. The second kappa shape index (κ2) is 10.6. The Balaban J connectivity index is 1.82. The molecule has 36 heavy (non-hydrogen) atoms. The number of rotatable bonds is 9. The number of hydrogen-bond donors (Lipinski definition) is 0. The Kier molecular flexibility index (Phi) is 8.36. The van der Waals surface area contributed by atoms with Crippen LogP contribution < -0.4 is 0 Å². The quantitative estimate of drug-likeness (QED) is 0.279. The molecule has 4 aliphatic rings. The van der Waals surface area contributed by atoms with Crippen molar-refractivity contribution >= 4 is 0 Å². The zero-order valence-electron chi connectivity index (χ0n) is 25.6. The molecule has 0 heteroatoms. The summed E-state index contributed by atoms with van der Waals surface area (Å²) >= 11 is 0. The molecule has 4 saturated carbocycles. The molecule has 0 N–H and O–H groups in total. The first kappa shape index (κ1) is 28.5. The molecule has 4 fully saturated rings. The lowest BCUT2D eigenvalue weighted by Gasteiger charge is -2.70. The summed E-state index contributed by atoms with van der Waals surface area (Å²) in [7, 11) is 0. The third kappa shape index (κ3) is 3.79. The monoisotopic (exact) mass is 494 g/mol. The Morgan fingerprint density at radius 1 is 0.750 bits per heavy atom. The summed E-state index contributed by atoms with van der Waals surface area (Å²) in [6.07, 6.45) is 29.4. The summed E-state index contributed by atoms with van der Waals surface area (Å²) in [4.78, 5) is 0. The van der Waals surface area contributed by atoms with Gasteiger partial charge in [0.05, 0.1) is 0 Å². The summed E-state index contributed by atoms with van der Waals surface area (Å²) in [5, 5.41) is 0. The van der Waals surface area contributed by atoms with Crippen molar-refractivity contribution in [2.24, 2.45) is 44.8 Å². The molecule has 8 atom stereocenters. The molecule has 0 amide bonds. The molecule has 0 nitrogen and oxygen atoms in total. The van der Waals surface area contributed by atoms with Gasteiger partial charge in [-0.2, -0.15) is 0 Å². The molecule has 0 heterocycles. The fourth-order valence-corrected chi connectivity index (χ4v) is 12.6. The SMILES string of the molecule is C=CC[C@@]1(CC)CC[C@H]2[C@](CCC)(CC[C@@H]3[C@]2(CC)CC[C@]2(CC)[C@@H](C(C)=CC)CC[C@@]32CC)CC1. The minimum atomic E-state index is 0.524. The zero-order valence-corrected chi connectivity index (χ0v) is 25.6. The van der Waals surface area contributed by atoms with Crippen LogP contribution in [0.1, 0.15) is 158 Å². The van der Waals surface area contributed by atoms with E-state index in [-0.39, 0.29) is 0 Å². The fourth-order valence-electron chi connectivity index (χ4n) is 12.6. The van der Waals surface area contributed by atoms with Crippen LogP contribution in [0.4, 0.5) is 0 Å². The summed E-state index contributed by atoms with van der Waals surface area (Å²) in [5.41, 5.74) is 4.54. The molecule has 0 aliphatic heterocycles. The zero-order chi connectivity index (χ0) is 26.2. The highest BCUT2D eigenvalue weighted by Gasteiger charge is 2.71. The van der Waals surface area contributed by atoms with E-state index in [1.807, 2.05) is 0 Å². The summed E-state index contributed by atoms with van der Waals surface area (Å²) in [6.45, 7) is 21.8. The van der Waals surface area contributed by atoms with Crippen LogP contribution >= 0.6 is 0 Å². The maximum atomic E-state index is 4.22. The molecular formula is C36H62. The van der Waals surface area contributed by atoms with Gasteiger partial charge in [-0.15, -0.1) is 6.58 Å². The van der Waals surface area contributed by atoms with Crippen LogP contribution in [-0.2, 0) is 0 Å². The van der Waals surface area contributed by atoms with E-state index in [1.165, 1.54) is 109 Å². The molecule has 0 spiro atoms. The predicted molar refractivity (Wildman–Crippen MR) is 159 cm³/mol. The first-order valence-electron chi connectivity index (χ1n) is 16.5. The summed E-state index contributed by atoms with van der Waals surface area (Å²) in [6, 6.07) is 0. The van der Waals surface area contributed by atoms with Gasteiger partial charge in [0.2, 0.25) is 0 Å². The normalized spacial score (nSPS) is 47.0. The molecule has 4 aliphatic carbocycles. The summed E-state index contributed by atoms with van der Waals surface area (Å²) in [5.74, 6) is 2.73. The van der Waals surface area contributed by atoms with E-state index >= 15 is 0 Å². The van der Waals surface area contributed by atoms with Crippen molar-refractivity contribution in [3.8, 4) is 0 Å². The molecule has 4 rings (SSSR count). The smallest absolute Gasteiger partial charge is 0.0144 e. The number of fused-ring (bicyclic) bond motifs is 5. The van der Waals surface area contributed by atoms with Gasteiger partial charge in [-0.05, 0) is 155 Å². The Morgan fingerprint density at radius 2 is 1.47 bits per heavy atom. The third-order valence-corrected chi connectivity index (χ3v) is 14.4. The lowest BCUT2D eigenvalue weighted by molar-refractivity contribution is -0.208. The Labute approximate surface area is 226 Å². The van der Waals surface area contributed by atoms with E-state index in [1.54, 1.807) is 5.57 Å². The van der Waals surface area contributed by atoms with Crippen molar-refractivity contribution in [3.05, 3.63) is 24.3 Å². The average Bonchev–Trinajstić information content (AvgIpc) is 3.16.